The Kier molecular flexibility index (Phi) is 6.68. The predicted molar refractivity (Wildman–Crippen MR) is 48.2 cm³/mol. The van der Waals surface area contributed by atoms with E-state index in [0.717, 1.165) is 0 Å². The Hall–Kier alpha value is -0.260. The van der Waals surface area contributed by atoms with Crippen molar-refractivity contribution in [3.05, 3.63) is 11.6 Å². The van der Waals surface area contributed by atoms with E-state index in [2.05, 4.69) is 26.8 Å². The summed E-state index contributed by atoms with van der Waals surface area (Å²) in [6.07, 6.45) is 8.80. The fourth-order valence-corrected chi connectivity index (χ4v) is 1.09. The zero-order valence-corrected chi connectivity index (χ0v) is 7.61. The highest BCUT2D eigenvalue weighted by molar-refractivity contribution is 5.00. The maximum absolute atomic E-state index is 2.41. The molecule has 0 saturated carbocycles. The van der Waals surface area contributed by atoms with E-state index >= 15 is 0 Å². The number of hydrogen-bond acceptors (Lipinski definition) is 0. The van der Waals surface area contributed by atoms with E-state index < -0.39 is 0 Å². The molecule has 0 aromatic rings. The van der Waals surface area contributed by atoms with Crippen molar-refractivity contribution in [3.63, 3.8) is 0 Å². The van der Waals surface area contributed by atoms with E-state index in [4.69, 9.17) is 0 Å². The average Bonchev–Trinajstić information content (AvgIpc) is 1.98. The van der Waals surface area contributed by atoms with Gasteiger partial charge in [-0.1, -0.05) is 45.3 Å². The highest BCUT2D eigenvalue weighted by Gasteiger charge is 1.89. The van der Waals surface area contributed by atoms with E-state index in [-0.39, 0.29) is 0 Å². The molecule has 0 N–H and O–H groups in total. The topological polar surface area (TPSA) is 0 Å². The standard InChI is InChI=1S/C10H20/c1-4-7-9-10(6-3)8-5-2/h9H,4-8H2,1-3H3. The lowest BCUT2D eigenvalue weighted by Gasteiger charge is -2.00. The van der Waals surface area contributed by atoms with Crippen LogP contribution in [0.25, 0.3) is 0 Å². The van der Waals surface area contributed by atoms with Gasteiger partial charge >= 0.3 is 0 Å². The second-order valence-corrected chi connectivity index (χ2v) is 2.75. The molecule has 0 radical (unpaired) electrons. The third-order valence-electron chi connectivity index (χ3n) is 1.75. The minimum Gasteiger partial charge on any atom is -0.0854 e. The number of allylic oxidation sites excluding steroid dienone is 2. The molecular formula is C10H20. The van der Waals surface area contributed by atoms with E-state index in [1.54, 1.807) is 5.57 Å². The molecule has 10 heavy (non-hydrogen) atoms. The maximum atomic E-state index is 2.41. The van der Waals surface area contributed by atoms with Crippen molar-refractivity contribution in [3.8, 4) is 0 Å². The summed E-state index contributed by atoms with van der Waals surface area (Å²) >= 11 is 0. The zero-order valence-electron chi connectivity index (χ0n) is 7.61. The van der Waals surface area contributed by atoms with E-state index in [1.165, 1.54) is 32.1 Å². The quantitative estimate of drug-likeness (QED) is 0.508. The SMILES string of the molecule is CCCC=C(CC)CCC. The predicted octanol–water partition coefficient (Wildman–Crippen LogP) is 3.92. The summed E-state index contributed by atoms with van der Waals surface area (Å²) < 4.78 is 0. The minimum atomic E-state index is 1.24. The van der Waals surface area contributed by atoms with Crippen LogP contribution in [0.2, 0.25) is 0 Å². The van der Waals surface area contributed by atoms with Gasteiger partial charge in [-0.25, -0.2) is 0 Å². The Morgan fingerprint density at radius 1 is 1.10 bits per heavy atom. The normalized spacial score (nSPS) is 12.1. The summed E-state index contributed by atoms with van der Waals surface area (Å²) in [4.78, 5) is 0. The molecule has 60 valence electrons. The van der Waals surface area contributed by atoms with Crippen molar-refractivity contribution in [2.24, 2.45) is 0 Å². The van der Waals surface area contributed by atoms with Crippen LogP contribution in [-0.2, 0) is 0 Å². The molecular weight excluding hydrogens is 120 g/mol. The maximum Gasteiger partial charge on any atom is -0.0323 e. The van der Waals surface area contributed by atoms with Crippen molar-refractivity contribution in [1.29, 1.82) is 0 Å². The van der Waals surface area contributed by atoms with Gasteiger partial charge in [0.2, 0.25) is 0 Å². The summed E-state index contributed by atoms with van der Waals surface area (Å²) in [5.74, 6) is 0. The molecule has 0 atom stereocenters. The molecule has 0 aromatic heterocycles. The Balaban J connectivity index is 3.55. The second-order valence-electron chi connectivity index (χ2n) is 2.75. The van der Waals surface area contributed by atoms with Crippen LogP contribution >= 0.6 is 0 Å². The lowest BCUT2D eigenvalue weighted by atomic mass is 10.1. The first-order chi connectivity index (χ1) is 4.85. The molecule has 0 aromatic carbocycles. The Labute approximate surface area is 65.3 Å². The zero-order chi connectivity index (χ0) is 7.82. The molecule has 0 aliphatic carbocycles. The van der Waals surface area contributed by atoms with Crippen molar-refractivity contribution in [2.75, 3.05) is 0 Å². The van der Waals surface area contributed by atoms with Crippen LogP contribution in [0, 0.1) is 0 Å². The van der Waals surface area contributed by atoms with Gasteiger partial charge in [0, 0.05) is 0 Å². The molecule has 0 aliphatic rings. The molecule has 0 nitrogen and oxygen atoms in total. The van der Waals surface area contributed by atoms with Crippen LogP contribution < -0.4 is 0 Å². The highest BCUT2D eigenvalue weighted by Crippen LogP contribution is 2.10. The van der Waals surface area contributed by atoms with Gasteiger partial charge in [-0.3, -0.25) is 0 Å². The first-order valence-electron chi connectivity index (χ1n) is 4.53. The van der Waals surface area contributed by atoms with Crippen LogP contribution in [0.15, 0.2) is 11.6 Å². The van der Waals surface area contributed by atoms with Crippen LogP contribution in [0.1, 0.15) is 52.9 Å². The van der Waals surface area contributed by atoms with E-state index in [1.807, 2.05) is 0 Å². The van der Waals surface area contributed by atoms with Gasteiger partial charge < -0.3 is 0 Å². The molecule has 0 amide bonds. The van der Waals surface area contributed by atoms with Crippen molar-refractivity contribution >= 4 is 0 Å². The first-order valence-corrected chi connectivity index (χ1v) is 4.53. The summed E-state index contributed by atoms with van der Waals surface area (Å²) in [5.41, 5.74) is 1.64. The van der Waals surface area contributed by atoms with Crippen molar-refractivity contribution in [2.45, 2.75) is 52.9 Å². The Morgan fingerprint density at radius 3 is 2.20 bits per heavy atom. The second kappa shape index (κ2) is 6.85. The van der Waals surface area contributed by atoms with Gasteiger partial charge in [0.25, 0.3) is 0 Å². The van der Waals surface area contributed by atoms with Crippen molar-refractivity contribution in [1.82, 2.24) is 0 Å². The summed E-state index contributed by atoms with van der Waals surface area (Å²) in [6, 6.07) is 0. The molecule has 0 fully saturated rings. The Bertz CT molecular complexity index is 90.2. The van der Waals surface area contributed by atoms with Crippen LogP contribution in [0.5, 0.6) is 0 Å². The third-order valence-corrected chi connectivity index (χ3v) is 1.75. The monoisotopic (exact) mass is 140 g/mol. The molecule has 0 saturated heterocycles. The van der Waals surface area contributed by atoms with Gasteiger partial charge in [0.1, 0.15) is 0 Å². The molecule has 0 heterocycles. The minimum absolute atomic E-state index is 1.24. The summed E-state index contributed by atoms with van der Waals surface area (Å²) in [6.45, 7) is 6.72. The molecule has 0 unspecified atom stereocenters. The molecule has 0 aliphatic heterocycles. The number of hydrogen-bond donors (Lipinski definition) is 0. The van der Waals surface area contributed by atoms with E-state index in [0.29, 0.717) is 0 Å². The number of rotatable bonds is 5. The largest absolute Gasteiger partial charge is 0.0854 e. The first kappa shape index (κ1) is 9.74. The molecule has 0 bridgehead atoms. The fourth-order valence-electron chi connectivity index (χ4n) is 1.09. The lowest BCUT2D eigenvalue weighted by Crippen LogP contribution is -1.79. The third kappa shape index (κ3) is 4.60. The van der Waals surface area contributed by atoms with Gasteiger partial charge in [-0.15, -0.1) is 0 Å². The number of unbranched alkanes of at least 4 members (excludes halogenated alkanes) is 1. The van der Waals surface area contributed by atoms with Crippen LogP contribution in [-0.4, -0.2) is 0 Å². The molecule has 0 heteroatoms. The van der Waals surface area contributed by atoms with E-state index in [9.17, 15) is 0 Å². The van der Waals surface area contributed by atoms with Gasteiger partial charge in [-0.2, -0.15) is 0 Å². The van der Waals surface area contributed by atoms with Crippen LogP contribution in [0.3, 0.4) is 0 Å². The molecule has 0 rings (SSSR count). The van der Waals surface area contributed by atoms with Crippen molar-refractivity contribution < 1.29 is 0 Å². The highest BCUT2D eigenvalue weighted by atomic mass is 14.0. The smallest absolute Gasteiger partial charge is 0.0323 e. The Morgan fingerprint density at radius 2 is 1.80 bits per heavy atom. The summed E-state index contributed by atoms with van der Waals surface area (Å²) in [5, 5.41) is 0. The van der Waals surface area contributed by atoms with Crippen LogP contribution in [0.4, 0.5) is 0 Å². The van der Waals surface area contributed by atoms with Gasteiger partial charge in [0.15, 0.2) is 0 Å². The van der Waals surface area contributed by atoms with Gasteiger partial charge in [-0.05, 0) is 19.3 Å². The fraction of sp³-hybridized carbons (Fsp3) is 0.800. The summed E-state index contributed by atoms with van der Waals surface area (Å²) in [7, 11) is 0. The molecule has 0 spiro atoms. The lowest BCUT2D eigenvalue weighted by molar-refractivity contribution is 0.835. The average molecular weight is 140 g/mol. The van der Waals surface area contributed by atoms with Gasteiger partial charge in [0.05, 0.1) is 0 Å².